The monoisotopic (exact) mass is 180 g/mol. The lowest BCUT2D eigenvalue weighted by Crippen LogP contribution is -1.97. The van der Waals surface area contributed by atoms with E-state index in [1.54, 1.807) is 13.0 Å². The minimum absolute atomic E-state index is 0.0209. The summed E-state index contributed by atoms with van der Waals surface area (Å²) in [5, 5.41) is 10.5. The Balaban J connectivity index is 3.38. The fourth-order valence-corrected chi connectivity index (χ4v) is 1.12. The van der Waals surface area contributed by atoms with Crippen LogP contribution in [0.5, 0.6) is 5.75 Å². The largest absolute Gasteiger partial charge is 0.490 e. The summed E-state index contributed by atoms with van der Waals surface area (Å²) in [4.78, 5) is 10.1. The quantitative estimate of drug-likeness (QED) is 0.517. The van der Waals surface area contributed by atoms with Gasteiger partial charge in [-0.2, -0.15) is 0 Å². The average molecular weight is 180 g/mol. The van der Waals surface area contributed by atoms with Crippen LogP contribution in [0.2, 0.25) is 0 Å². The molecule has 4 heteroatoms. The van der Waals surface area contributed by atoms with Crippen LogP contribution in [0.15, 0.2) is 12.1 Å². The molecule has 0 unspecified atom stereocenters. The van der Waals surface area contributed by atoms with Gasteiger partial charge in [-0.25, -0.2) is 0 Å². The molecular weight excluding hydrogens is 170 g/mol. The van der Waals surface area contributed by atoms with Crippen LogP contribution in [-0.4, -0.2) is 12.0 Å². The Hall–Kier alpha value is -1.58. The van der Waals surface area contributed by atoms with Crippen molar-refractivity contribution in [1.29, 1.82) is 0 Å². The van der Waals surface area contributed by atoms with E-state index < -0.39 is 4.92 Å². The predicted octanol–water partition coefficient (Wildman–Crippen LogP) is 2.09. The van der Waals surface area contributed by atoms with Gasteiger partial charge in [0.25, 0.3) is 0 Å². The van der Waals surface area contributed by atoms with E-state index in [9.17, 15) is 10.1 Å². The molecule has 1 aromatic rings. The number of nitrogens with zero attached hydrogens (tertiary/aromatic N) is 1. The molecule has 0 bridgehead atoms. The highest BCUT2D eigenvalue weighted by atomic mass is 16.6. The highest BCUT2D eigenvalue weighted by Crippen LogP contribution is 2.31. The number of ether oxygens (including phenoxy) is 1. The van der Waals surface area contributed by atoms with Gasteiger partial charge in [0.05, 0.1) is 12.0 Å². The number of nitro groups is 1. The summed E-state index contributed by atoms with van der Waals surface area (Å²) >= 11 is 0. The Bertz CT molecular complexity index is 347. The van der Waals surface area contributed by atoms with Gasteiger partial charge in [-0.05, 0) is 19.4 Å². The van der Waals surface area contributed by atoms with Crippen LogP contribution in [0.3, 0.4) is 0 Å². The van der Waals surface area contributed by atoms with E-state index in [4.69, 9.17) is 4.74 Å². The van der Waals surface area contributed by atoms with Gasteiger partial charge >= 0.3 is 5.69 Å². The van der Waals surface area contributed by atoms with Crippen LogP contribution in [0.1, 0.15) is 11.1 Å². The van der Waals surface area contributed by atoms with Gasteiger partial charge in [0.15, 0.2) is 5.75 Å². The first kappa shape index (κ1) is 9.51. The molecule has 0 spiro atoms. The van der Waals surface area contributed by atoms with Crippen molar-refractivity contribution >= 4 is 5.69 Å². The molecule has 0 saturated carbocycles. The minimum atomic E-state index is -0.467. The summed E-state index contributed by atoms with van der Waals surface area (Å²) in [6.07, 6.45) is 0. The van der Waals surface area contributed by atoms with E-state index in [1.165, 1.54) is 13.2 Å². The van der Waals surface area contributed by atoms with Crippen molar-refractivity contribution in [3.05, 3.63) is 40.3 Å². The van der Waals surface area contributed by atoms with Crippen LogP contribution in [0, 0.1) is 24.0 Å². The van der Waals surface area contributed by atoms with Gasteiger partial charge in [0, 0.05) is 11.6 Å². The zero-order valence-electron chi connectivity index (χ0n) is 7.53. The van der Waals surface area contributed by atoms with E-state index in [2.05, 4.69) is 6.92 Å². The van der Waals surface area contributed by atoms with Crippen LogP contribution in [-0.2, 0) is 0 Å². The summed E-state index contributed by atoms with van der Waals surface area (Å²) in [5.41, 5.74) is 1.42. The molecule has 0 aliphatic carbocycles. The fourth-order valence-electron chi connectivity index (χ4n) is 1.12. The highest BCUT2D eigenvalue weighted by Gasteiger charge is 2.17. The third-order valence-electron chi connectivity index (χ3n) is 1.90. The molecule has 0 aliphatic heterocycles. The number of hydrogen-bond acceptors (Lipinski definition) is 3. The molecule has 0 N–H and O–H groups in total. The molecule has 1 radical (unpaired) electrons. The molecule has 0 amide bonds. The molecule has 4 nitrogen and oxygen atoms in total. The molecule has 0 aromatic heterocycles. The number of rotatable bonds is 2. The highest BCUT2D eigenvalue weighted by molar-refractivity contribution is 5.55. The molecule has 0 heterocycles. The first-order chi connectivity index (χ1) is 6.07. The van der Waals surface area contributed by atoms with E-state index in [0.717, 1.165) is 5.56 Å². The lowest BCUT2D eigenvalue weighted by Gasteiger charge is -2.06. The lowest BCUT2D eigenvalue weighted by atomic mass is 10.1. The topological polar surface area (TPSA) is 52.4 Å². The number of hydrogen-bond donors (Lipinski definition) is 0. The maximum Gasteiger partial charge on any atom is 0.311 e. The van der Waals surface area contributed by atoms with Gasteiger partial charge in [-0.3, -0.25) is 10.1 Å². The Morgan fingerprint density at radius 1 is 1.54 bits per heavy atom. The second kappa shape index (κ2) is 3.43. The molecule has 0 aliphatic rings. The second-order valence-corrected chi connectivity index (χ2v) is 2.66. The van der Waals surface area contributed by atoms with Gasteiger partial charge in [0.1, 0.15) is 0 Å². The van der Waals surface area contributed by atoms with Gasteiger partial charge in [-0.1, -0.05) is 6.07 Å². The maximum absolute atomic E-state index is 10.5. The summed E-state index contributed by atoms with van der Waals surface area (Å²) in [6, 6.07) is 3.00. The van der Waals surface area contributed by atoms with Crippen LogP contribution >= 0.6 is 0 Å². The Labute approximate surface area is 76.3 Å². The van der Waals surface area contributed by atoms with Crippen molar-refractivity contribution < 1.29 is 9.66 Å². The van der Waals surface area contributed by atoms with Crippen molar-refractivity contribution in [3.8, 4) is 5.75 Å². The standard InChI is InChI=1S/C9H10NO3/c1-6-4-5-8(10(11)12)9(13-3)7(6)2/h4-5H,1H2,2-3H3. The smallest absolute Gasteiger partial charge is 0.311 e. The zero-order valence-corrected chi connectivity index (χ0v) is 7.53. The van der Waals surface area contributed by atoms with Gasteiger partial charge in [-0.15, -0.1) is 0 Å². The van der Waals surface area contributed by atoms with Crippen molar-refractivity contribution in [1.82, 2.24) is 0 Å². The summed E-state index contributed by atoms with van der Waals surface area (Å²) in [6.45, 7) is 5.47. The minimum Gasteiger partial charge on any atom is -0.490 e. The van der Waals surface area contributed by atoms with E-state index in [-0.39, 0.29) is 11.4 Å². The summed E-state index contributed by atoms with van der Waals surface area (Å²) in [5.74, 6) is 0.289. The predicted molar refractivity (Wildman–Crippen MR) is 48.8 cm³/mol. The first-order valence-electron chi connectivity index (χ1n) is 3.72. The molecule has 13 heavy (non-hydrogen) atoms. The maximum atomic E-state index is 10.5. The molecule has 0 saturated heterocycles. The van der Waals surface area contributed by atoms with E-state index >= 15 is 0 Å². The van der Waals surface area contributed by atoms with Crippen molar-refractivity contribution in [2.24, 2.45) is 0 Å². The van der Waals surface area contributed by atoms with E-state index in [1.807, 2.05) is 0 Å². The summed E-state index contributed by atoms with van der Waals surface area (Å²) in [7, 11) is 1.41. The summed E-state index contributed by atoms with van der Waals surface area (Å²) < 4.78 is 4.94. The average Bonchev–Trinajstić information content (AvgIpc) is 2.09. The Kier molecular flexibility index (Phi) is 2.51. The number of nitro benzene ring substituents is 1. The molecule has 1 aromatic carbocycles. The van der Waals surface area contributed by atoms with Crippen molar-refractivity contribution in [2.75, 3.05) is 7.11 Å². The van der Waals surface area contributed by atoms with Crippen molar-refractivity contribution in [2.45, 2.75) is 6.92 Å². The molecule has 0 fully saturated rings. The third-order valence-corrected chi connectivity index (χ3v) is 1.90. The zero-order chi connectivity index (χ0) is 10.0. The SMILES string of the molecule is [CH2]c1ccc([N+](=O)[O-])c(OC)c1C. The molecule has 1 rings (SSSR count). The molecule has 69 valence electrons. The first-order valence-corrected chi connectivity index (χ1v) is 3.72. The van der Waals surface area contributed by atoms with Crippen molar-refractivity contribution in [3.63, 3.8) is 0 Å². The van der Waals surface area contributed by atoms with Crippen LogP contribution in [0.25, 0.3) is 0 Å². The Morgan fingerprint density at radius 2 is 2.15 bits per heavy atom. The third kappa shape index (κ3) is 1.61. The van der Waals surface area contributed by atoms with E-state index in [0.29, 0.717) is 5.56 Å². The van der Waals surface area contributed by atoms with Gasteiger partial charge < -0.3 is 4.74 Å². The Morgan fingerprint density at radius 3 is 2.62 bits per heavy atom. The second-order valence-electron chi connectivity index (χ2n) is 2.66. The van der Waals surface area contributed by atoms with Crippen LogP contribution in [0.4, 0.5) is 5.69 Å². The molecule has 0 atom stereocenters. The normalized spacial score (nSPS) is 9.77. The fraction of sp³-hybridized carbons (Fsp3) is 0.222. The number of methoxy groups -OCH3 is 1. The van der Waals surface area contributed by atoms with Gasteiger partial charge in [0.2, 0.25) is 0 Å². The van der Waals surface area contributed by atoms with Crippen LogP contribution < -0.4 is 4.74 Å². The lowest BCUT2D eigenvalue weighted by molar-refractivity contribution is -0.385. The molecular formula is C9H10NO3. The number of benzene rings is 1.